The molecule has 0 aliphatic carbocycles. The van der Waals surface area contributed by atoms with Gasteiger partial charge in [-0.05, 0) is 12.8 Å². The Balaban J connectivity index is 1.73. The number of carbonyl (C=O) groups is 1. The van der Waals surface area contributed by atoms with Crippen molar-refractivity contribution in [2.45, 2.75) is 25.0 Å². The molecule has 2 aliphatic rings. The lowest BCUT2D eigenvalue weighted by molar-refractivity contribution is -0.0406. The first-order valence-corrected chi connectivity index (χ1v) is 9.98. The lowest BCUT2D eigenvalue weighted by Crippen LogP contribution is -2.53. The number of likely N-dealkylation sites (tertiary alicyclic amines) is 1. The number of aromatic nitrogens is 2. The van der Waals surface area contributed by atoms with E-state index in [0.717, 1.165) is 0 Å². The van der Waals surface area contributed by atoms with E-state index >= 15 is 0 Å². The fourth-order valence-electron chi connectivity index (χ4n) is 3.33. The Kier molecular flexibility index (Phi) is 5.21. The molecule has 1 aromatic rings. The van der Waals surface area contributed by atoms with Crippen molar-refractivity contribution >= 4 is 15.9 Å². The van der Waals surface area contributed by atoms with Crippen LogP contribution in [0.5, 0.6) is 5.75 Å². The first-order valence-electron chi connectivity index (χ1n) is 8.14. The van der Waals surface area contributed by atoms with E-state index in [4.69, 9.17) is 9.47 Å². The molecule has 1 aromatic heterocycles. The lowest BCUT2D eigenvalue weighted by Gasteiger charge is -2.38. The normalized spacial score (nSPS) is 25.1. The van der Waals surface area contributed by atoms with E-state index in [1.54, 1.807) is 4.90 Å². The van der Waals surface area contributed by atoms with Gasteiger partial charge in [0.15, 0.2) is 5.75 Å². The maximum Gasteiger partial charge on any atom is 0.291 e. The summed E-state index contributed by atoms with van der Waals surface area (Å²) in [7, 11) is -1.79. The van der Waals surface area contributed by atoms with E-state index in [-0.39, 0.29) is 23.9 Å². The number of morpholine rings is 1. The molecule has 2 aliphatic heterocycles. The number of ether oxygens (including phenoxy) is 2. The molecular weight excluding hydrogens is 348 g/mol. The monoisotopic (exact) mass is 370 g/mol. The number of fused-ring (bicyclic) bond motifs is 1. The zero-order valence-corrected chi connectivity index (χ0v) is 15.1. The summed E-state index contributed by atoms with van der Waals surface area (Å²) in [4.78, 5) is 22.4. The molecule has 2 atom stereocenters. The maximum absolute atomic E-state index is 12.6. The second-order valence-electron chi connectivity index (χ2n) is 6.17. The van der Waals surface area contributed by atoms with Crippen LogP contribution in [0.1, 0.15) is 23.5 Å². The molecule has 0 aromatic carbocycles. The highest BCUT2D eigenvalue weighted by Crippen LogP contribution is 2.26. The molecule has 10 heteroatoms. The molecule has 0 bridgehead atoms. The van der Waals surface area contributed by atoms with Crippen molar-refractivity contribution in [3.05, 3.63) is 18.2 Å². The van der Waals surface area contributed by atoms with Crippen LogP contribution in [0.3, 0.4) is 0 Å². The van der Waals surface area contributed by atoms with Crippen LogP contribution < -0.4 is 4.74 Å². The second-order valence-corrected chi connectivity index (χ2v) is 8.10. The summed E-state index contributed by atoms with van der Waals surface area (Å²) in [6, 6.07) is -0.238. The summed E-state index contributed by atoms with van der Waals surface area (Å²) in [5.41, 5.74) is 0. The highest BCUT2D eigenvalue weighted by Gasteiger charge is 2.39. The number of carbonyl (C=O) groups excluding carboxylic acids is 1. The van der Waals surface area contributed by atoms with E-state index in [1.807, 2.05) is 0 Å². The Morgan fingerprint density at radius 3 is 2.56 bits per heavy atom. The zero-order valence-electron chi connectivity index (χ0n) is 14.3. The molecular formula is C15H22N4O5S. The number of sulfonamides is 1. The van der Waals surface area contributed by atoms with Crippen molar-refractivity contribution in [2.24, 2.45) is 0 Å². The topological polar surface area (TPSA) is 102 Å². The minimum Gasteiger partial charge on any atom is -0.494 e. The van der Waals surface area contributed by atoms with Gasteiger partial charge in [-0.3, -0.25) is 4.79 Å². The average Bonchev–Trinajstić information content (AvgIpc) is 2.83. The van der Waals surface area contributed by atoms with Crippen molar-refractivity contribution < 1.29 is 22.7 Å². The standard InChI is InChI=1S/C15H22N4O5S/c1-23-11-9-16-14(17-10-11)15(20)18-5-3-12-13(4-6-18)24-8-7-19(12)25(2,21)22/h9-10,12-13H,3-8H2,1-2H3/t12-,13-/m1/s1. The molecule has 3 heterocycles. The van der Waals surface area contributed by atoms with Crippen LogP contribution in [0.2, 0.25) is 0 Å². The van der Waals surface area contributed by atoms with Gasteiger partial charge in [-0.1, -0.05) is 0 Å². The van der Waals surface area contributed by atoms with Gasteiger partial charge in [0.25, 0.3) is 5.91 Å². The molecule has 25 heavy (non-hydrogen) atoms. The Hall–Kier alpha value is -1.78. The minimum absolute atomic E-state index is 0.103. The minimum atomic E-state index is -3.30. The highest BCUT2D eigenvalue weighted by molar-refractivity contribution is 7.88. The summed E-state index contributed by atoms with van der Waals surface area (Å²) in [6.45, 7) is 1.65. The van der Waals surface area contributed by atoms with E-state index in [1.165, 1.54) is 30.1 Å². The van der Waals surface area contributed by atoms with Crippen molar-refractivity contribution in [1.29, 1.82) is 0 Å². The third kappa shape index (κ3) is 3.91. The van der Waals surface area contributed by atoms with E-state index in [0.29, 0.717) is 44.8 Å². The lowest BCUT2D eigenvalue weighted by atomic mass is 10.0. The molecule has 0 N–H and O–H groups in total. The van der Waals surface area contributed by atoms with Crippen molar-refractivity contribution in [3.63, 3.8) is 0 Å². The van der Waals surface area contributed by atoms with E-state index < -0.39 is 10.0 Å². The first-order chi connectivity index (χ1) is 11.9. The van der Waals surface area contributed by atoms with Crippen LogP contribution in [0, 0.1) is 0 Å². The van der Waals surface area contributed by atoms with Gasteiger partial charge in [0.1, 0.15) is 0 Å². The molecule has 0 radical (unpaired) electrons. The second kappa shape index (κ2) is 7.22. The Bertz CT molecular complexity index is 724. The van der Waals surface area contributed by atoms with Gasteiger partial charge in [0.05, 0.1) is 44.5 Å². The largest absolute Gasteiger partial charge is 0.494 e. The molecule has 138 valence electrons. The van der Waals surface area contributed by atoms with Crippen LogP contribution in [0.4, 0.5) is 0 Å². The molecule has 0 spiro atoms. The van der Waals surface area contributed by atoms with Gasteiger partial charge in [0.2, 0.25) is 15.8 Å². The van der Waals surface area contributed by atoms with Gasteiger partial charge in [-0.25, -0.2) is 18.4 Å². The molecule has 2 fully saturated rings. The Morgan fingerprint density at radius 1 is 1.24 bits per heavy atom. The number of hydrogen-bond acceptors (Lipinski definition) is 7. The number of amides is 1. The molecule has 3 rings (SSSR count). The maximum atomic E-state index is 12.6. The van der Waals surface area contributed by atoms with Crippen LogP contribution >= 0.6 is 0 Å². The molecule has 0 saturated carbocycles. The summed E-state index contributed by atoms with van der Waals surface area (Å²) >= 11 is 0. The van der Waals surface area contributed by atoms with E-state index in [2.05, 4.69) is 9.97 Å². The number of rotatable bonds is 3. The summed E-state index contributed by atoms with van der Waals surface area (Å²) in [6.07, 6.45) is 5.03. The van der Waals surface area contributed by atoms with Gasteiger partial charge in [-0.2, -0.15) is 4.31 Å². The van der Waals surface area contributed by atoms with E-state index in [9.17, 15) is 13.2 Å². The quantitative estimate of drug-likeness (QED) is 0.723. The summed E-state index contributed by atoms with van der Waals surface area (Å²) in [5, 5.41) is 0. The summed E-state index contributed by atoms with van der Waals surface area (Å²) in [5.74, 6) is 0.314. The SMILES string of the molecule is COc1cnc(C(=O)N2CC[C@@H]3[C@@H](CC2)OCCN3S(C)(=O)=O)nc1. The zero-order chi connectivity index (χ0) is 18.0. The van der Waals surface area contributed by atoms with Crippen LogP contribution in [0.25, 0.3) is 0 Å². The van der Waals surface area contributed by atoms with Crippen LogP contribution in [0.15, 0.2) is 12.4 Å². The average molecular weight is 370 g/mol. The summed E-state index contributed by atoms with van der Waals surface area (Å²) < 4.78 is 36.3. The fraction of sp³-hybridized carbons (Fsp3) is 0.667. The predicted molar refractivity (Wildman–Crippen MR) is 88.8 cm³/mol. The highest BCUT2D eigenvalue weighted by atomic mass is 32.2. The van der Waals surface area contributed by atoms with Gasteiger partial charge in [-0.15, -0.1) is 0 Å². The van der Waals surface area contributed by atoms with Crippen LogP contribution in [-0.4, -0.2) is 85.3 Å². The number of nitrogens with zero attached hydrogens (tertiary/aromatic N) is 4. The van der Waals surface area contributed by atoms with Crippen LogP contribution in [-0.2, 0) is 14.8 Å². The number of hydrogen-bond donors (Lipinski definition) is 0. The van der Waals surface area contributed by atoms with Crippen molar-refractivity contribution in [2.75, 3.05) is 39.6 Å². The van der Waals surface area contributed by atoms with Gasteiger partial charge >= 0.3 is 0 Å². The molecule has 1 amide bonds. The van der Waals surface area contributed by atoms with Crippen molar-refractivity contribution in [1.82, 2.24) is 19.2 Å². The molecule has 9 nitrogen and oxygen atoms in total. The van der Waals surface area contributed by atoms with Gasteiger partial charge in [0, 0.05) is 19.6 Å². The fourth-order valence-corrected chi connectivity index (χ4v) is 4.47. The predicted octanol–water partition coefficient (Wildman–Crippen LogP) is -0.250. The Morgan fingerprint density at radius 2 is 1.92 bits per heavy atom. The smallest absolute Gasteiger partial charge is 0.291 e. The number of methoxy groups -OCH3 is 1. The first kappa shape index (κ1) is 18.0. The molecule has 0 unspecified atom stereocenters. The third-order valence-corrected chi connectivity index (χ3v) is 5.89. The third-order valence-electron chi connectivity index (χ3n) is 4.59. The Labute approximate surface area is 147 Å². The molecule has 2 saturated heterocycles. The van der Waals surface area contributed by atoms with Gasteiger partial charge < -0.3 is 14.4 Å². The van der Waals surface area contributed by atoms with Crippen molar-refractivity contribution in [3.8, 4) is 5.75 Å².